The first-order valence-electron chi connectivity index (χ1n) is 9.82. The molecule has 2 N–H and O–H groups in total. The van der Waals surface area contributed by atoms with Crippen molar-refractivity contribution < 1.29 is 9.53 Å². The molecule has 0 bridgehead atoms. The molecule has 0 saturated carbocycles. The second-order valence-corrected chi connectivity index (χ2v) is 7.23. The highest BCUT2D eigenvalue weighted by atomic mass is 16.5. The van der Waals surface area contributed by atoms with Crippen LogP contribution in [-0.2, 0) is 4.79 Å². The van der Waals surface area contributed by atoms with Gasteiger partial charge in [-0.2, -0.15) is 0 Å². The molecule has 1 aliphatic rings. The Kier molecular flexibility index (Phi) is 5.57. The van der Waals surface area contributed by atoms with E-state index in [-0.39, 0.29) is 12.5 Å². The Bertz CT molecular complexity index is 1010. The normalized spacial score (nSPS) is 14.1. The predicted octanol–water partition coefficient (Wildman–Crippen LogP) is 2.67. The lowest BCUT2D eigenvalue weighted by atomic mass is 10.1. The maximum absolute atomic E-state index is 12.3. The summed E-state index contributed by atoms with van der Waals surface area (Å²) >= 11 is 0. The molecular formula is C22H25N5O2. The first-order valence-corrected chi connectivity index (χ1v) is 9.82. The van der Waals surface area contributed by atoms with Crippen LogP contribution in [0.25, 0.3) is 10.9 Å². The predicted molar refractivity (Wildman–Crippen MR) is 115 cm³/mol. The molecule has 0 aliphatic carbocycles. The van der Waals surface area contributed by atoms with Crippen LogP contribution < -0.4 is 20.3 Å². The molecule has 0 radical (unpaired) electrons. The third kappa shape index (κ3) is 4.63. The van der Waals surface area contributed by atoms with Gasteiger partial charge in [-0.3, -0.25) is 4.79 Å². The minimum absolute atomic E-state index is 0.0431. The molecule has 7 nitrogen and oxygen atoms in total. The van der Waals surface area contributed by atoms with Gasteiger partial charge in [0, 0.05) is 37.3 Å². The number of amides is 1. The number of rotatable bonds is 5. The molecule has 7 heteroatoms. The van der Waals surface area contributed by atoms with Crippen molar-refractivity contribution in [3.05, 3.63) is 53.7 Å². The van der Waals surface area contributed by atoms with E-state index in [1.165, 1.54) is 0 Å². The van der Waals surface area contributed by atoms with Crippen LogP contribution in [0.2, 0.25) is 0 Å². The molecule has 0 spiro atoms. The number of nitrogens with one attached hydrogen (secondary N) is 2. The average molecular weight is 391 g/mol. The number of aryl methyl sites for hydroxylation is 2. The first kappa shape index (κ1) is 19.1. The summed E-state index contributed by atoms with van der Waals surface area (Å²) in [4.78, 5) is 23.8. The van der Waals surface area contributed by atoms with Crippen molar-refractivity contribution in [1.29, 1.82) is 0 Å². The summed E-state index contributed by atoms with van der Waals surface area (Å²) in [6.45, 7) is 7.63. The quantitative estimate of drug-likeness (QED) is 0.696. The van der Waals surface area contributed by atoms with Crippen molar-refractivity contribution in [3.8, 4) is 5.75 Å². The molecule has 1 aliphatic heterocycles. The van der Waals surface area contributed by atoms with Crippen LogP contribution in [0.3, 0.4) is 0 Å². The summed E-state index contributed by atoms with van der Waals surface area (Å²) in [6, 6.07) is 13.3. The molecule has 1 aromatic heterocycles. The Morgan fingerprint density at radius 1 is 1.10 bits per heavy atom. The van der Waals surface area contributed by atoms with E-state index in [0.29, 0.717) is 11.4 Å². The molecule has 1 saturated heterocycles. The number of carbonyl (C=O) groups is 1. The average Bonchev–Trinajstić information content (AvgIpc) is 2.74. The van der Waals surface area contributed by atoms with Crippen LogP contribution >= 0.6 is 0 Å². The molecule has 2 heterocycles. The Hall–Kier alpha value is -3.19. The smallest absolute Gasteiger partial charge is 0.262 e. The van der Waals surface area contributed by atoms with Crippen molar-refractivity contribution in [2.75, 3.05) is 43.0 Å². The number of fused-ring (bicyclic) bond motifs is 1. The van der Waals surface area contributed by atoms with Gasteiger partial charge in [0.05, 0.1) is 11.2 Å². The first-order chi connectivity index (χ1) is 14.1. The fraction of sp³-hybridized carbons (Fsp3) is 0.318. The summed E-state index contributed by atoms with van der Waals surface area (Å²) in [5.41, 5.74) is 3.63. The fourth-order valence-corrected chi connectivity index (χ4v) is 3.33. The molecule has 1 fully saturated rings. The Balaban J connectivity index is 1.44. The lowest BCUT2D eigenvalue weighted by Crippen LogP contribution is -2.44. The summed E-state index contributed by atoms with van der Waals surface area (Å²) < 4.78 is 5.54. The van der Waals surface area contributed by atoms with Crippen LogP contribution in [0.1, 0.15) is 11.3 Å². The summed E-state index contributed by atoms with van der Waals surface area (Å²) in [6.07, 6.45) is 0. The largest absolute Gasteiger partial charge is 0.484 e. The standard InChI is InChI=1S/C22H25N5O2/c1-15-3-6-18(7-4-15)29-14-21(28)25-17-5-8-20-19(13-17)16(2)24-22(26-20)27-11-9-23-10-12-27/h3-8,13,23H,9-12,14H2,1-2H3,(H,25,28). The molecule has 1 amide bonds. The minimum atomic E-state index is -0.207. The summed E-state index contributed by atoms with van der Waals surface area (Å²) in [7, 11) is 0. The number of hydrogen-bond donors (Lipinski definition) is 2. The van der Waals surface area contributed by atoms with Crippen molar-refractivity contribution >= 4 is 28.4 Å². The monoisotopic (exact) mass is 391 g/mol. The van der Waals surface area contributed by atoms with Gasteiger partial charge in [-0.25, -0.2) is 9.97 Å². The van der Waals surface area contributed by atoms with E-state index in [2.05, 4.69) is 20.5 Å². The zero-order chi connectivity index (χ0) is 20.2. The maximum Gasteiger partial charge on any atom is 0.262 e. The third-order valence-electron chi connectivity index (χ3n) is 4.95. The van der Waals surface area contributed by atoms with E-state index >= 15 is 0 Å². The van der Waals surface area contributed by atoms with Crippen molar-refractivity contribution in [2.24, 2.45) is 0 Å². The second-order valence-electron chi connectivity index (χ2n) is 7.23. The zero-order valence-corrected chi connectivity index (χ0v) is 16.7. The van der Waals surface area contributed by atoms with Crippen LogP contribution in [-0.4, -0.2) is 48.7 Å². The maximum atomic E-state index is 12.3. The van der Waals surface area contributed by atoms with E-state index in [1.54, 1.807) is 0 Å². The minimum Gasteiger partial charge on any atom is -0.484 e. The third-order valence-corrected chi connectivity index (χ3v) is 4.95. The second kappa shape index (κ2) is 8.45. The number of nitrogens with zero attached hydrogens (tertiary/aromatic N) is 3. The van der Waals surface area contributed by atoms with Gasteiger partial charge in [0.25, 0.3) is 5.91 Å². The van der Waals surface area contributed by atoms with Gasteiger partial charge in [-0.15, -0.1) is 0 Å². The van der Waals surface area contributed by atoms with Crippen LogP contribution in [0.4, 0.5) is 11.6 Å². The van der Waals surface area contributed by atoms with Crippen LogP contribution in [0, 0.1) is 13.8 Å². The summed E-state index contributed by atoms with van der Waals surface area (Å²) in [5.74, 6) is 1.23. The highest BCUT2D eigenvalue weighted by Crippen LogP contribution is 2.23. The van der Waals surface area contributed by atoms with Crippen LogP contribution in [0.5, 0.6) is 5.75 Å². The highest BCUT2D eigenvalue weighted by molar-refractivity contribution is 5.95. The molecule has 4 rings (SSSR count). The van der Waals surface area contributed by atoms with E-state index in [9.17, 15) is 4.79 Å². The number of piperazine rings is 1. The fourth-order valence-electron chi connectivity index (χ4n) is 3.33. The lowest BCUT2D eigenvalue weighted by Gasteiger charge is -2.27. The summed E-state index contributed by atoms with van der Waals surface area (Å²) in [5, 5.41) is 7.15. The van der Waals surface area contributed by atoms with Gasteiger partial charge in [0.2, 0.25) is 5.95 Å². The Labute approximate surface area is 170 Å². The molecule has 0 unspecified atom stereocenters. The van der Waals surface area contributed by atoms with Crippen molar-refractivity contribution in [1.82, 2.24) is 15.3 Å². The lowest BCUT2D eigenvalue weighted by molar-refractivity contribution is -0.118. The number of anilines is 2. The van der Waals surface area contributed by atoms with Gasteiger partial charge < -0.3 is 20.3 Å². The number of ether oxygens (including phenoxy) is 1. The zero-order valence-electron chi connectivity index (χ0n) is 16.7. The molecule has 0 atom stereocenters. The van der Waals surface area contributed by atoms with Gasteiger partial charge in [0.1, 0.15) is 5.75 Å². The van der Waals surface area contributed by atoms with Gasteiger partial charge >= 0.3 is 0 Å². The van der Waals surface area contributed by atoms with E-state index < -0.39 is 0 Å². The SMILES string of the molecule is Cc1ccc(OCC(=O)Nc2ccc3nc(N4CCNCC4)nc(C)c3c2)cc1. The van der Waals surface area contributed by atoms with Gasteiger partial charge in [0.15, 0.2) is 6.61 Å². The number of aromatic nitrogens is 2. The van der Waals surface area contributed by atoms with E-state index in [1.807, 2.05) is 56.3 Å². The van der Waals surface area contributed by atoms with Gasteiger partial charge in [-0.1, -0.05) is 17.7 Å². The molecular weight excluding hydrogens is 366 g/mol. The highest BCUT2D eigenvalue weighted by Gasteiger charge is 2.15. The molecule has 3 aromatic rings. The topological polar surface area (TPSA) is 79.4 Å². The number of hydrogen-bond acceptors (Lipinski definition) is 6. The van der Waals surface area contributed by atoms with Crippen molar-refractivity contribution in [2.45, 2.75) is 13.8 Å². The molecule has 29 heavy (non-hydrogen) atoms. The number of carbonyl (C=O) groups excluding carboxylic acids is 1. The number of benzene rings is 2. The van der Waals surface area contributed by atoms with Gasteiger partial charge in [-0.05, 0) is 44.2 Å². The van der Waals surface area contributed by atoms with E-state index in [0.717, 1.165) is 54.3 Å². The van der Waals surface area contributed by atoms with Crippen LogP contribution in [0.15, 0.2) is 42.5 Å². The Morgan fingerprint density at radius 3 is 2.62 bits per heavy atom. The molecule has 150 valence electrons. The Morgan fingerprint density at radius 2 is 1.86 bits per heavy atom. The van der Waals surface area contributed by atoms with E-state index in [4.69, 9.17) is 9.72 Å². The molecule has 2 aromatic carbocycles. The van der Waals surface area contributed by atoms with Crippen molar-refractivity contribution in [3.63, 3.8) is 0 Å².